The van der Waals surface area contributed by atoms with Gasteiger partial charge in [0.15, 0.2) is 0 Å². The van der Waals surface area contributed by atoms with Gasteiger partial charge in [-0.05, 0) is 74.8 Å². The van der Waals surface area contributed by atoms with Gasteiger partial charge in [-0.1, -0.05) is 18.2 Å². The number of ether oxygens (including phenoxy) is 5. The molecule has 3 saturated heterocycles. The van der Waals surface area contributed by atoms with E-state index in [-0.39, 0.29) is 66.2 Å². The smallest absolute Gasteiger partial charge is 0.382 e. The normalized spacial score (nSPS) is 18.9. The number of carbonyl (C=O) groups excluding carboxylic acids is 6. The van der Waals surface area contributed by atoms with Crippen molar-refractivity contribution in [1.29, 1.82) is 0 Å². The topological polar surface area (TPSA) is 246 Å². The van der Waals surface area contributed by atoms with Crippen molar-refractivity contribution in [2.75, 3.05) is 148 Å². The lowest BCUT2D eigenvalue weighted by atomic mass is 9.99. The summed E-state index contributed by atoms with van der Waals surface area (Å²) in [6.45, 7) is 13.6. The molecule has 8 rings (SSSR count). The number of alkyl halides is 3. The maximum atomic E-state index is 15.7. The number of piperidine rings is 1. The SMILES string of the molecule is C[C@@H]1CN(c2ccc(-c3cc(CN4CCN(CCNC(=O)CCOCCOCCOCCOCCOCCNc5cccc6c5C(=O)N(C5CCC(=O)NC5=O)C6=O)CC4)ccc3F)cc2NC(=O)c2c[nH]c(=O)cc2C(F)(F)F)C[C@H](C)N1C. The van der Waals surface area contributed by atoms with Crippen molar-refractivity contribution in [2.24, 2.45) is 0 Å². The van der Waals surface area contributed by atoms with Crippen LogP contribution in [0.2, 0.25) is 0 Å². The Balaban J connectivity index is 0.651. The van der Waals surface area contributed by atoms with Crippen molar-refractivity contribution in [3.8, 4) is 11.1 Å². The molecular weight excluding hydrogens is 1120 g/mol. The number of rotatable bonds is 29. The molecule has 1 aromatic heterocycles. The third-order valence-electron chi connectivity index (χ3n) is 15.4. The molecule has 0 spiro atoms. The maximum Gasteiger partial charge on any atom is 0.417 e. The number of likely N-dealkylation sites (N-methyl/N-ethyl adjacent to an activating group) is 1. The molecule has 6 amide bonds. The number of pyridine rings is 1. The first-order valence-corrected chi connectivity index (χ1v) is 28.6. The van der Waals surface area contributed by atoms with Gasteiger partial charge in [-0.2, -0.15) is 13.2 Å². The monoisotopic (exact) mass is 1190 g/mol. The van der Waals surface area contributed by atoms with Crippen molar-refractivity contribution in [3.63, 3.8) is 0 Å². The Hall–Kier alpha value is -7.17. The number of imide groups is 2. The van der Waals surface area contributed by atoms with E-state index in [4.69, 9.17) is 23.7 Å². The maximum absolute atomic E-state index is 15.7. The van der Waals surface area contributed by atoms with Crippen molar-refractivity contribution < 1.29 is 70.0 Å². The van der Waals surface area contributed by atoms with E-state index in [0.717, 1.165) is 42.8 Å². The Morgan fingerprint density at radius 3 is 2.02 bits per heavy atom. The zero-order valence-electron chi connectivity index (χ0n) is 48.0. The predicted molar refractivity (Wildman–Crippen MR) is 306 cm³/mol. The number of H-pyrrole nitrogens is 1. The van der Waals surface area contributed by atoms with Gasteiger partial charge in [0.25, 0.3) is 17.7 Å². The van der Waals surface area contributed by atoms with Crippen molar-refractivity contribution in [1.82, 2.24) is 35.2 Å². The minimum absolute atomic E-state index is 0.0427. The Kier molecular flexibility index (Phi) is 22.7. The summed E-state index contributed by atoms with van der Waals surface area (Å²) in [4.78, 5) is 100. The number of aromatic amines is 1. The molecule has 22 nitrogen and oxygen atoms in total. The zero-order chi connectivity index (χ0) is 60.6. The van der Waals surface area contributed by atoms with E-state index >= 15 is 4.39 Å². The fourth-order valence-electron chi connectivity index (χ4n) is 10.6. The number of carbonyl (C=O) groups is 6. The van der Waals surface area contributed by atoms with Crippen LogP contribution in [-0.2, 0) is 50.8 Å². The lowest BCUT2D eigenvalue weighted by Gasteiger charge is -2.44. The average Bonchev–Trinajstić information content (AvgIpc) is 2.07. The van der Waals surface area contributed by atoms with Gasteiger partial charge < -0.3 is 49.5 Å². The Morgan fingerprint density at radius 1 is 0.718 bits per heavy atom. The van der Waals surface area contributed by atoms with E-state index in [0.29, 0.717) is 122 Å². The van der Waals surface area contributed by atoms with Crippen LogP contribution in [0.1, 0.15) is 75.3 Å². The van der Waals surface area contributed by atoms with Gasteiger partial charge in [0.05, 0.1) is 99.7 Å². The minimum Gasteiger partial charge on any atom is -0.382 e. The number of hydrogen-bond donors (Lipinski definition) is 5. The molecule has 3 atom stereocenters. The van der Waals surface area contributed by atoms with Gasteiger partial charge in [-0.15, -0.1) is 0 Å². The fraction of sp³-hybridized carbons (Fsp3) is 0.508. The molecule has 26 heteroatoms. The number of fused-ring (bicyclic) bond motifs is 1. The van der Waals surface area contributed by atoms with E-state index in [2.05, 4.69) is 59.7 Å². The van der Waals surface area contributed by atoms with E-state index in [1.807, 2.05) is 7.05 Å². The summed E-state index contributed by atoms with van der Waals surface area (Å²) in [6, 6.07) is 14.3. The summed E-state index contributed by atoms with van der Waals surface area (Å²) in [5.41, 5.74) is 0.00939. The van der Waals surface area contributed by atoms with Crippen LogP contribution in [0.3, 0.4) is 0 Å². The summed E-state index contributed by atoms with van der Waals surface area (Å²) >= 11 is 0. The second-order valence-electron chi connectivity index (χ2n) is 21.3. The molecule has 85 heavy (non-hydrogen) atoms. The minimum atomic E-state index is -4.97. The molecular formula is C59H74F4N10O12. The van der Waals surface area contributed by atoms with Crippen LogP contribution in [0, 0.1) is 5.82 Å². The number of anilines is 3. The second-order valence-corrected chi connectivity index (χ2v) is 21.3. The first-order valence-electron chi connectivity index (χ1n) is 28.6. The lowest BCUT2D eigenvalue weighted by Crippen LogP contribution is -2.55. The van der Waals surface area contributed by atoms with Crippen LogP contribution in [-0.4, -0.2) is 210 Å². The molecule has 460 valence electrons. The molecule has 0 bridgehead atoms. The van der Waals surface area contributed by atoms with E-state index in [1.54, 1.807) is 42.5 Å². The van der Waals surface area contributed by atoms with Gasteiger partial charge in [0.1, 0.15) is 11.9 Å². The molecule has 0 radical (unpaired) electrons. The van der Waals surface area contributed by atoms with Gasteiger partial charge >= 0.3 is 6.18 Å². The number of nitrogens with one attached hydrogen (secondary N) is 5. The predicted octanol–water partition coefficient (Wildman–Crippen LogP) is 4.20. The molecule has 4 aliphatic rings. The number of piperazine rings is 2. The fourth-order valence-corrected chi connectivity index (χ4v) is 10.6. The van der Waals surface area contributed by atoms with Crippen molar-refractivity contribution >= 4 is 52.5 Å². The molecule has 5 N–H and O–H groups in total. The van der Waals surface area contributed by atoms with E-state index < -0.39 is 64.3 Å². The Labute approximate surface area is 489 Å². The molecule has 3 aromatic carbocycles. The quantitative estimate of drug-likeness (QED) is 0.0291. The van der Waals surface area contributed by atoms with Crippen LogP contribution in [0.5, 0.6) is 0 Å². The number of halogens is 4. The molecule has 1 unspecified atom stereocenters. The summed E-state index contributed by atoms with van der Waals surface area (Å²) in [6.07, 6.45) is -3.89. The number of aromatic nitrogens is 1. The van der Waals surface area contributed by atoms with Gasteiger partial charge in [0, 0.05) is 114 Å². The lowest BCUT2D eigenvalue weighted by molar-refractivity contribution is -0.138. The van der Waals surface area contributed by atoms with Crippen molar-refractivity contribution in [2.45, 2.75) is 64.0 Å². The Bertz CT molecular complexity index is 3060. The second kappa shape index (κ2) is 30.3. The summed E-state index contributed by atoms with van der Waals surface area (Å²) in [5.74, 6) is -3.96. The highest BCUT2D eigenvalue weighted by atomic mass is 19.4. The molecule has 5 heterocycles. The molecule has 3 fully saturated rings. The van der Waals surface area contributed by atoms with Crippen LogP contribution in [0.4, 0.5) is 34.6 Å². The highest BCUT2D eigenvalue weighted by Gasteiger charge is 2.46. The standard InChI is InChI=1S/C59H74F4N10O12/c1-38-35-72(36-39(2)69(38)3)49-10-8-41(32-48(49)67-55(77)44-34-66-53(76)33-45(44)59(61,62)63)43-31-40(7-9-46(43)60)37-71-19-17-70(18-20-71)16-14-65-51(74)13-21-81-23-25-83-27-29-85-30-28-84-26-24-82-22-15-64-47-6-4-5-42-54(47)58(80)73(57(42)79)50-11-12-52(75)68-56(50)78/h4-10,31-34,38-39,50,64H,11-30,35-37H2,1-3H3,(H,65,74)(H,66,76)(H,67,77)(H,68,75,78)/t38-,39+,50?. The third-order valence-corrected chi connectivity index (χ3v) is 15.4. The summed E-state index contributed by atoms with van der Waals surface area (Å²) in [5, 5.41) is 10.9. The first kappa shape index (κ1) is 63.8. The van der Waals surface area contributed by atoms with Crippen LogP contribution in [0.25, 0.3) is 11.1 Å². The Morgan fingerprint density at radius 2 is 1.36 bits per heavy atom. The van der Waals surface area contributed by atoms with Gasteiger partial charge in [-0.25, -0.2) is 4.39 Å². The van der Waals surface area contributed by atoms with E-state index in [9.17, 15) is 46.7 Å². The van der Waals surface area contributed by atoms with Crippen LogP contribution < -0.4 is 31.7 Å². The van der Waals surface area contributed by atoms with E-state index in [1.165, 1.54) is 12.1 Å². The first-order chi connectivity index (χ1) is 40.9. The van der Waals surface area contributed by atoms with Gasteiger partial charge in [0.2, 0.25) is 23.3 Å². The van der Waals surface area contributed by atoms with Crippen LogP contribution >= 0.6 is 0 Å². The third kappa shape index (κ3) is 17.3. The number of amides is 6. The highest BCUT2D eigenvalue weighted by molar-refractivity contribution is 6.25. The molecule has 0 saturated carbocycles. The highest BCUT2D eigenvalue weighted by Crippen LogP contribution is 2.37. The zero-order valence-corrected chi connectivity index (χ0v) is 48.0. The molecule has 0 aliphatic carbocycles. The number of hydrogen-bond acceptors (Lipinski definition) is 17. The van der Waals surface area contributed by atoms with Gasteiger partial charge in [-0.3, -0.25) is 58.5 Å². The van der Waals surface area contributed by atoms with Crippen molar-refractivity contribution in [3.05, 3.63) is 111 Å². The summed E-state index contributed by atoms with van der Waals surface area (Å²) in [7, 11) is 2.02. The number of nitrogens with zero attached hydrogens (tertiary/aromatic N) is 5. The van der Waals surface area contributed by atoms with Crippen LogP contribution in [0.15, 0.2) is 71.7 Å². The average molecular weight is 1190 g/mol. The largest absolute Gasteiger partial charge is 0.417 e. The summed E-state index contributed by atoms with van der Waals surface area (Å²) < 4.78 is 85.6. The number of benzene rings is 3. The molecule has 4 aliphatic heterocycles. The molecule has 4 aromatic rings.